The van der Waals surface area contributed by atoms with Gasteiger partial charge < -0.3 is 14.9 Å². The fourth-order valence-electron chi connectivity index (χ4n) is 1.52. The van der Waals surface area contributed by atoms with Crippen LogP contribution in [0.25, 0.3) is 0 Å². The Morgan fingerprint density at radius 3 is 2.29 bits per heavy atom. The lowest BCUT2D eigenvalue weighted by atomic mass is 9.91. The summed E-state index contributed by atoms with van der Waals surface area (Å²) >= 11 is 0. The molecule has 2 unspecified atom stereocenters. The van der Waals surface area contributed by atoms with Crippen molar-refractivity contribution < 1.29 is 14.9 Å². The summed E-state index contributed by atoms with van der Waals surface area (Å²) in [5.41, 5.74) is -0.382. The Kier molecular flexibility index (Phi) is 4.97. The van der Waals surface area contributed by atoms with Crippen LogP contribution in [-0.4, -0.2) is 22.4 Å². The lowest BCUT2D eigenvalue weighted by Gasteiger charge is -2.28. The summed E-state index contributed by atoms with van der Waals surface area (Å²) < 4.78 is 5.46. The van der Waals surface area contributed by atoms with Gasteiger partial charge in [0.1, 0.15) is 11.9 Å². The molecule has 1 aromatic carbocycles. The van der Waals surface area contributed by atoms with Crippen LogP contribution in [0.3, 0.4) is 0 Å². The Hall–Kier alpha value is -1.06. The van der Waals surface area contributed by atoms with Crippen LogP contribution in [0.5, 0.6) is 5.75 Å². The van der Waals surface area contributed by atoms with E-state index in [0.717, 1.165) is 12.2 Å². The molecule has 1 rings (SSSR count). The molecular formula is C14H22O3. The van der Waals surface area contributed by atoms with E-state index in [4.69, 9.17) is 4.74 Å². The minimum absolute atomic E-state index is 0.502. The van der Waals surface area contributed by atoms with Gasteiger partial charge >= 0.3 is 0 Å². The van der Waals surface area contributed by atoms with Crippen LogP contribution < -0.4 is 4.74 Å². The smallest absolute Gasteiger partial charge is 0.119 e. The summed E-state index contributed by atoms with van der Waals surface area (Å²) in [5, 5.41) is 20.0. The Bertz CT molecular complexity index is 330. The molecular weight excluding hydrogens is 216 g/mol. The summed E-state index contributed by atoms with van der Waals surface area (Å²) in [6.07, 6.45) is 0.602. The van der Waals surface area contributed by atoms with Crippen molar-refractivity contribution in [3.63, 3.8) is 0 Å². The molecule has 0 fully saturated rings. The van der Waals surface area contributed by atoms with E-state index in [-0.39, 0.29) is 0 Å². The van der Waals surface area contributed by atoms with E-state index in [0.29, 0.717) is 18.6 Å². The Labute approximate surface area is 103 Å². The number of aliphatic hydroxyl groups is 2. The van der Waals surface area contributed by atoms with Crippen molar-refractivity contribution in [3.8, 4) is 5.75 Å². The van der Waals surface area contributed by atoms with Crippen molar-refractivity contribution in [2.24, 2.45) is 0 Å². The Balaban J connectivity index is 2.73. The zero-order valence-electron chi connectivity index (χ0n) is 10.8. The quantitative estimate of drug-likeness (QED) is 0.801. The van der Waals surface area contributed by atoms with Crippen molar-refractivity contribution in [2.75, 3.05) is 6.61 Å². The first-order valence-corrected chi connectivity index (χ1v) is 6.14. The van der Waals surface area contributed by atoms with Gasteiger partial charge in [-0.05, 0) is 37.5 Å². The van der Waals surface area contributed by atoms with Crippen LogP contribution >= 0.6 is 0 Å². The molecule has 3 nitrogen and oxygen atoms in total. The zero-order valence-corrected chi connectivity index (χ0v) is 10.8. The molecule has 0 saturated carbocycles. The molecule has 0 aliphatic rings. The third-order valence-corrected chi connectivity index (χ3v) is 2.97. The molecule has 0 aromatic heterocycles. The van der Waals surface area contributed by atoms with Crippen LogP contribution in [-0.2, 0) is 0 Å². The van der Waals surface area contributed by atoms with Gasteiger partial charge in [-0.15, -0.1) is 0 Å². The number of benzene rings is 1. The number of hydrogen-bond acceptors (Lipinski definition) is 3. The zero-order chi connectivity index (χ0) is 12.9. The molecule has 0 saturated heterocycles. The summed E-state index contributed by atoms with van der Waals surface area (Å²) in [6, 6.07) is 7.22. The van der Waals surface area contributed by atoms with Crippen molar-refractivity contribution in [1.82, 2.24) is 0 Å². The number of hydrogen-bond donors (Lipinski definition) is 2. The summed E-state index contributed by atoms with van der Waals surface area (Å²) in [6.45, 7) is 6.23. The van der Waals surface area contributed by atoms with E-state index >= 15 is 0 Å². The third kappa shape index (κ3) is 3.72. The van der Waals surface area contributed by atoms with Crippen molar-refractivity contribution in [3.05, 3.63) is 29.8 Å². The topological polar surface area (TPSA) is 49.7 Å². The third-order valence-electron chi connectivity index (χ3n) is 2.97. The molecule has 17 heavy (non-hydrogen) atoms. The van der Waals surface area contributed by atoms with Gasteiger partial charge in [-0.3, -0.25) is 0 Å². The number of rotatable bonds is 6. The standard InChI is InChI=1S/C14H22O3/c1-4-10-17-12-8-6-11(7-9-12)13(15)14(3,16)5-2/h6-9,13,15-16H,4-5,10H2,1-3H3. The SMILES string of the molecule is CCCOc1ccc(C(O)C(C)(O)CC)cc1. The van der Waals surface area contributed by atoms with Gasteiger partial charge in [0.05, 0.1) is 12.2 Å². The molecule has 0 bridgehead atoms. The second-order valence-corrected chi connectivity index (χ2v) is 4.53. The molecule has 96 valence electrons. The molecule has 3 heteroatoms. The van der Waals surface area contributed by atoms with Crippen LogP contribution in [0.15, 0.2) is 24.3 Å². The van der Waals surface area contributed by atoms with E-state index in [1.54, 1.807) is 19.1 Å². The number of ether oxygens (including phenoxy) is 1. The largest absolute Gasteiger partial charge is 0.494 e. The molecule has 0 amide bonds. The van der Waals surface area contributed by atoms with Gasteiger partial charge in [0.25, 0.3) is 0 Å². The molecule has 0 spiro atoms. The molecule has 2 N–H and O–H groups in total. The van der Waals surface area contributed by atoms with E-state index in [9.17, 15) is 10.2 Å². The van der Waals surface area contributed by atoms with Gasteiger partial charge in [0.15, 0.2) is 0 Å². The van der Waals surface area contributed by atoms with Crippen molar-refractivity contribution in [1.29, 1.82) is 0 Å². The predicted octanol–water partition coefficient (Wildman–Crippen LogP) is 2.67. The lowest BCUT2D eigenvalue weighted by molar-refractivity contribution is -0.0658. The van der Waals surface area contributed by atoms with Gasteiger partial charge in [-0.1, -0.05) is 26.0 Å². The first kappa shape index (κ1) is 14.0. The predicted molar refractivity (Wildman–Crippen MR) is 68.1 cm³/mol. The molecule has 1 aromatic rings. The lowest BCUT2D eigenvalue weighted by Crippen LogP contribution is -2.31. The van der Waals surface area contributed by atoms with Gasteiger partial charge in [0.2, 0.25) is 0 Å². The first-order chi connectivity index (χ1) is 8.01. The molecule has 0 aliphatic heterocycles. The van der Waals surface area contributed by atoms with Crippen LogP contribution in [0.4, 0.5) is 0 Å². The molecule has 0 aliphatic carbocycles. The second-order valence-electron chi connectivity index (χ2n) is 4.53. The fourth-order valence-corrected chi connectivity index (χ4v) is 1.52. The highest BCUT2D eigenvalue weighted by Gasteiger charge is 2.29. The first-order valence-electron chi connectivity index (χ1n) is 6.14. The van der Waals surface area contributed by atoms with E-state index < -0.39 is 11.7 Å². The maximum Gasteiger partial charge on any atom is 0.119 e. The highest BCUT2D eigenvalue weighted by molar-refractivity contribution is 5.29. The average Bonchev–Trinajstić information content (AvgIpc) is 2.36. The van der Waals surface area contributed by atoms with E-state index in [2.05, 4.69) is 6.92 Å². The monoisotopic (exact) mass is 238 g/mol. The highest BCUT2D eigenvalue weighted by Crippen LogP contribution is 2.29. The highest BCUT2D eigenvalue weighted by atomic mass is 16.5. The molecule has 0 radical (unpaired) electrons. The Morgan fingerprint density at radius 1 is 1.24 bits per heavy atom. The van der Waals surface area contributed by atoms with Crippen molar-refractivity contribution >= 4 is 0 Å². The maximum atomic E-state index is 10.0. The molecule has 0 heterocycles. The van der Waals surface area contributed by atoms with E-state index in [1.165, 1.54) is 0 Å². The minimum atomic E-state index is -1.09. The minimum Gasteiger partial charge on any atom is -0.494 e. The maximum absolute atomic E-state index is 10.0. The van der Waals surface area contributed by atoms with Gasteiger partial charge in [-0.2, -0.15) is 0 Å². The van der Waals surface area contributed by atoms with Gasteiger partial charge in [0, 0.05) is 0 Å². The Morgan fingerprint density at radius 2 is 1.82 bits per heavy atom. The summed E-state index contributed by atoms with van der Waals surface area (Å²) in [4.78, 5) is 0. The van der Waals surface area contributed by atoms with Crippen LogP contribution in [0.1, 0.15) is 45.3 Å². The normalized spacial score (nSPS) is 16.3. The van der Waals surface area contributed by atoms with Gasteiger partial charge in [-0.25, -0.2) is 0 Å². The molecule has 2 atom stereocenters. The summed E-state index contributed by atoms with van der Waals surface area (Å²) in [7, 11) is 0. The second kappa shape index (κ2) is 6.03. The van der Waals surface area contributed by atoms with Crippen LogP contribution in [0.2, 0.25) is 0 Å². The summed E-state index contributed by atoms with van der Waals surface area (Å²) in [5.74, 6) is 0.791. The van der Waals surface area contributed by atoms with Crippen LogP contribution in [0, 0.1) is 0 Å². The van der Waals surface area contributed by atoms with Crippen molar-refractivity contribution in [2.45, 2.75) is 45.3 Å². The number of aliphatic hydroxyl groups excluding tert-OH is 1. The fraction of sp³-hybridized carbons (Fsp3) is 0.571. The average molecular weight is 238 g/mol. The van der Waals surface area contributed by atoms with E-state index in [1.807, 2.05) is 19.1 Å².